The van der Waals surface area contributed by atoms with Crippen molar-refractivity contribution < 1.29 is 0 Å². The Bertz CT molecular complexity index is 2090. The maximum atomic E-state index is 5.06. The van der Waals surface area contributed by atoms with Crippen molar-refractivity contribution >= 4 is 27.7 Å². The van der Waals surface area contributed by atoms with E-state index in [1.807, 2.05) is 18.2 Å². The van der Waals surface area contributed by atoms with Crippen LogP contribution >= 0.6 is 0 Å². The maximum Gasteiger partial charge on any atom is 0.150 e. The molecule has 0 atom stereocenters. The van der Waals surface area contributed by atoms with Crippen LogP contribution in [0.1, 0.15) is 0 Å². The molecule has 40 heavy (non-hydrogen) atoms. The zero-order valence-corrected chi connectivity index (χ0v) is 21.6. The Morgan fingerprint density at radius 2 is 1.12 bits per heavy atom. The topological polar surface area (TPSA) is 35.1 Å². The lowest BCUT2D eigenvalue weighted by Crippen LogP contribution is -1.98. The van der Waals surface area contributed by atoms with Gasteiger partial charge in [0.2, 0.25) is 0 Å². The molecule has 0 fully saturated rings. The van der Waals surface area contributed by atoms with E-state index in [1.165, 1.54) is 0 Å². The summed E-state index contributed by atoms with van der Waals surface area (Å²) in [6.07, 6.45) is 2.09. The van der Waals surface area contributed by atoms with Crippen molar-refractivity contribution in [2.24, 2.45) is 0 Å². The molecule has 0 saturated carbocycles. The van der Waals surface area contributed by atoms with Gasteiger partial charge in [-0.15, -0.1) is 0 Å². The first kappa shape index (κ1) is 22.5. The Morgan fingerprint density at radius 1 is 0.475 bits per heavy atom. The molecule has 4 heteroatoms. The fourth-order valence-electron chi connectivity index (χ4n) is 5.66. The lowest BCUT2D eigenvalue weighted by Gasteiger charge is -2.13. The van der Waals surface area contributed by atoms with Gasteiger partial charge < -0.3 is 0 Å². The van der Waals surface area contributed by atoms with Gasteiger partial charge >= 0.3 is 0 Å². The fraction of sp³-hybridized carbons (Fsp3) is 0. The van der Waals surface area contributed by atoms with Gasteiger partial charge in [0.05, 0.1) is 16.9 Å². The Labute approximate surface area is 231 Å². The highest BCUT2D eigenvalue weighted by atomic mass is 15.1. The standard InChI is InChI=1S/C36H24N4/c1-3-12-25(13-4-1)31-23-28(24-32(37-31)26-14-5-2-6-15-26)27-16-11-17-29(22-27)40-33-19-8-7-18-30(33)35-36(40)39-21-10-9-20-34(39)38-35/h1-24H. The number of aromatic nitrogens is 4. The van der Waals surface area contributed by atoms with Gasteiger partial charge in [0.15, 0.2) is 5.65 Å². The van der Waals surface area contributed by atoms with Gasteiger partial charge in [-0.1, -0.05) is 97.1 Å². The zero-order chi connectivity index (χ0) is 26.5. The normalized spacial score (nSPS) is 11.5. The van der Waals surface area contributed by atoms with Crippen LogP contribution < -0.4 is 0 Å². The molecule has 4 aromatic heterocycles. The SMILES string of the molecule is c1ccc(-c2cc(-c3cccc(-n4c5ccccc5c5nc6ccccn6c54)c3)cc(-c3ccccc3)n2)cc1. The van der Waals surface area contributed by atoms with E-state index in [1.54, 1.807) is 0 Å². The number of fused-ring (bicyclic) bond motifs is 5. The number of pyridine rings is 2. The molecule has 188 valence electrons. The van der Waals surface area contributed by atoms with Gasteiger partial charge in [0.1, 0.15) is 11.2 Å². The van der Waals surface area contributed by atoms with E-state index in [-0.39, 0.29) is 0 Å². The van der Waals surface area contributed by atoms with Crippen LogP contribution in [0.15, 0.2) is 146 Å². The third-order valence-electron chi connectivity index (χ3n) is 7.52. The molecule has 0 N–H and O–H groups in total. The quantitative estimate of drug-likeness (QED) is 0.236. The Kier molecular flexibility index (Phi) is 5.10. The summed E-state index contributed by atoms with van der Waals surface area (Å²) in [5, 5.41) is 1.15. The number of imidazole rings is 1. The van der Waals surface area contributed by atoms with E-state index in [0.717, 1.165) is 67.0 Å². The summed E-state index contributed by atoms with van der Waals surface area (Å²) in [6, 6.07) is 48.6. The van der Waals surface area contributed by atoms with Gasteiger partial charge in [0.25, 0.3) is 0 Å². The molecule has 0 unspecified atom stereocenters. The summed E-state index contributed by atoms with van der Waals surface area (Å²) in [6.45, 7) is 0. The smallest absolute Gasteiger partial charge is 0.150 e. The van der Waals surface area contributed by atoms with E-state index in [0.29, 0.717) is 0 Å². The van der Waals surface area contributed by atoms with Crippen LogP contribution in [0, 0.1) is 0 Å². The lowest BCUT2D eigenvalue weighted by atomic mass is 9.99. The second-order valence-corrected chi connectivity index (χ2v) is 9.97. The molecule has 0 saturated heterocycles. The molecule has 0 radical (unpaired) electrons. The van der Waals surface area contributed by atoms with Gasteiger partial charge in [-0.3, -0.25) is 8.97 Å². The minimum Gasteiger partial charge on any atom is -0.294 e. The number of hydrogen-bond donors (Lipinski definition) is 0. The predicted octanol–water partition coefficient (Wildman–Crippen LogP) is 8.83. The van der Waals surface area contributed by atoms with Crippen LogP contribution in [0.25, 0.3) is 67.0 Å². The number of nitrogens with zero attached hydrogens (tertiary/aromatic N) is 4. The van der Waals surface area contributed by atoms with Crippen molar-refractivity contribution in [2.75, 3.05) is 0 Å². The van der Waals surface area contributed by atoms with Gasteiger partial charge in [-0.25, -0.2) is 9.97 Å². The van der Waals surface area contributed by atoms with Crippen molar-refractivity contribution in [1.29, 1.82) is 0 Å². The number of benzene rings is 4. The summed E-state index contributed by atoms with van der Waals surface area (Å²) in [5.41, 5.74) is 11.6. The Morgan fingerprint density at radius 3 is 1.88 bits per heavy atom. The van der Waals surface area contributed by atoms with Gasteiger partial charge in [-0.2, -0.15) is 0 Å². The van der Waals surface area contributed by atoms with E-state index in [2.05, 4.69) is 136 Å². The number of rotatable bonds is 4. The predicted molar refractivity (Wildman–Crippen MR) is 164 cm³/mol. The zero-order valence-electron chi connectivity index (χ0n) is 21.6. The molecule has 4 nitrogen and oxygen atoms in total. The molecule has 8 aromatic rings. The number of hydrogen-bond acceptors (Lipinski definition) is 2. The molecular weight excluding hydrogens is 488 g/mol. The molecule has 4 aromatic carbocycles. The molecule has 0 aliphatic carbocycles. The Hall–Kier alpha value is -5.48. The average molecular weight is 513 g/mol. The monoisotopic (exact) mass is 512 g/mol. The third-order valence-corrected chi connectivity index (χ3v) is 7.52. The highest BCUT2D eigenvalue weighted by Gasteiger charge is 2.18. The first-order chi connectivity index (χ1) is 19.8. The summed E-state index contributed by atoms with van der Waals surface area (Å²) < 4.78 is 4.50. The summed E-state index contributed by atoms with van der Waals surface area (Å²) in [4.78, 5) is 10.1. The van der Waals surface area contributed by atoms with Crippen LogP contribution in [0.2, 0.25) is 0 Å². The fourth-order valence-corrected chi connectivity index (χ4v) is 5.66. The lowest BCUT2D eigenvalue weighted by molar-refractivity contribution is 1.09. The number of para-hydroxylation sites is 1. The highest BCUT2D eigenvalue weighted by Crippen LogP contribution is 2.35. The van der Waals surface area contributed by atoms with Crippen LogP contribution in [0.4, 0.5) is 0 Å². The van der Waals surface area contributed by atoms with E-state index in [9.17, 15) is 0 Å². The largest absolute Gasteiger partial charge is 0.294 e. The minimum absolute atomic E-state index is 0.942. The molecular formula is C36H24N4. The third kappa shape index (κ3) is 3.62. The molecule has 0 aliphatic heterocycles. The second-order valence-electron chi connectivity index (χ2n) is 9.97. The highest BCUT2D eigenvalue weighted by molar-refractivity contribution is 6.07. The molecule has 0 amide bonds. The van der Waals surface area contributed by atoms with Gasteiger partial charge in [0, 0.05) is 28.4 Å². The molecule has 0 aliphatic rings. The molecule has 4 heterocycles. The molecule has 8 rings (SSSR count). The summed E-state index contributed by atoms with van der Waals surface area (Å²) in [5.74, 6) is 0. The van der Waals surface area contributed by atoms with Crippen molar-refractivity contribution in [3.05, 3.63) is 146 Å². The minimum atomic E-state index is 0.942. The maximum absolute atomic E-state index is 5.06. The van der Waals surface area contributed by atoms with E-state index >= 15 is 0 Å². The van der Waals surface area contributed by atoms with Crippen LogP contribution in [-0.4, -0.2) is 18.9 Å². The summed E-state index contributed by atoms with van der Waals surface area (Å²) >= 11 is 0. The van der Waals surface area contributed by atoms with Gasteiger partial charge in [-0.05, 0) is 53.6 Å². The molecule has 0 bridgehead atoms. The first-order valence-electron chi connectivity index (χ1n) is 13.4. The van der Waals surface area contributed by atoms with Crippen LogP contribution in [0.5, 0.6) is 0 Å². The average Bonchev–Trinajstić information content (AvgIpc) is 3.57. The van der Waals surface area contributed by atoms with Crippen LogP contribution in [0.3, 0.4) is 0 Å². The second kappa shape index (κ2) is 9.07. The first-order valence-corrected chi connectivity index (χ1v) is 13.4. The Balaban J connectivity index is 1.36. The van der Waals surface area contributed by atoms with E-state index in [4.69, 9.17) is 9.97 Å². The van der Waals surface area contributed by atoms with Crippen molar-refractivity contribution in [3.8, 4) is 39.3 Å². The van der Waals surface area contributed by atoms with Crippen LogP contribution in [-0.2, 0) is 0 Å². The van der Waals surface area contributed by atoms with Crippen molar-refractivity contribution in [1.82, 2.24) is 18.9 Å². The molecule has 0 spiro atoms. The summed E-state index contributed by atoms with van der Waals surface area (Å²) in [7, 11) is 0. The van der Waals surface area contributed by atoms with Crippen molar-refractivity contribution in [2.45, 2.75) is 0 Å². The van der Waals surface area contributed by atoms with E-state index < -0.39 is 0 Å². The van der Waals surface area contributed by atoms with Crippen molar-refractivity contribution in [3.63, 3.8) is 0 Å².